The molecule has 3 aliphatic carbocycles. The number of allylic oxidation sites excluding steroid dienone is 1. The SMILES string of the molecule is C[C@H]1OC(=O)[C@@H]2C[C@@H]3C[C@H](NC(=O)C4CC4)CC[C@H]3[C@H](/C=C/c3ccc(-c4cccc(F)c4)cn3)[C@H]12. The standard InChI is InChI=1S/C30H33FN2O3/c1-17-28-26(12-9-23-8-7-20(16-32-23)19-3-2-4-22(31)13-19)25-11-10-24(33-29(34)18-5-6-18)14-21(25)15-27(28)30(35)36-17/h2-4,7-9,12-13,16-18,21,24-28H,5-6,10-11,14-15H2,1H3,(H,33,34)/b12-9+/t17-,21+,24-,25-,26+,27-,28+/m1/s1. The van der Waals surface area contributed by atoms with Crippen LogP contribution in [0.25, 0.3) is 17.2 Å². The van der Waals surface area contributed by atoms with Crippen molar-refractivity contribution >= 4 is 18.0 Å². The number of pyridine rings is 1. The van der Waals surface area contributed by atoms with Crippen molar-refractivity contribution in [3.05, 3.63) is 60.2 Å². The van der Waals surface area contributed by atoms with Crippen molar-refractivity contribution in [3.63, 3.8) is 0 Å². The Labute approximate surface area is 211 Å². The second kappa shape index (κ2) is 9.45. The Balaban J connectivity index is 1.20. The molecule has 7 atom stereocenters. The van der Waals surface area contributed by atoms with Crippen molar-refractivity contribution in [1.29, 1.82) is 0 Å². The average molecular weight is 489 g/mol. The molecular formula is C30H33FN2O3. The number of fused-ring (bicyclic) bond motifs is 2. The number of carbonyl (C=O) groups is 2. The van der Waals surface area contributed by atoms with Gasteiger partial charge in [-0.1, -0.05) is 24.3 Å². The van der Waals surface area contributed by atoms with Gasteiger partial charge in [-0.25, -0.2) is 4.39 Å². The van der Waals surface area contributed by atoms with Gasteiger partial charge in [0, 0.05) is 29.6 Å². The molecular weight excluding hydrogens is 455 g/mol. The number of carbonyl (C=O) groups excluding carboxylic acids is 2. The van der Waals surface area contributed by atoms with Gasteiger partial charge < -0.3 is 10.1 Å². The molecule has 4 fully saturated rings. The van der Waals surface area contributed by atoms with E-state index in [0.717, 1.165) is 55.3 Å². The number of benzene rings is 1. The highest BCUT2D eigenvalue weighted by atomic mass is 19.1. The fraction of sp³-hybridized carbons (Fsp3) is 0.500. The van der Waals surface area contributed by atoms with Crippen molar-refractivity contribution in [3.8, 4) is 11.1 Å². The summed E-state index contributed by atoms with van der Waals surface area (Å²) in [6.07, 6.45) is 11.9. The lowest BCUT2D eigenvalue weighted by atomic mass is 9.57. The van der Waals surface area contributed by atoms with Crippen LogP contribution in [0.3, 0.4) is 0 Å². The summed E-state index contributed by atoms with van der Waals surface area (Å²) in [5.74, 6) is 1.33. The summed E-state index contributed by atoms with van der Waals surface area (Å²) in [6, 6.07) is 10.7. The van der Waals surface area contributed by atoms with Gasteiger partial charge in [0.1, 0.15) is 11.9 Å². The Hall–Kier alpha value is -3.02. The van der Waals surface area contributed by atoms with Crippen LogP contribution in [0.4, 0.5) is 4.39 Å². The lowest BCUT2D eigenvalue weighted by Gasteiger charge is -2.47. The summed E-state index contributed by atoms with van der Waals surface area (Å²) >= 11 is 0. The molecule has 0 bridgehead atoms. The number of hydrogen-bond donors (Lipinski definition) is 1. The summed E-state index contributed by atoms with van der Waals surface area (Å²) in [7, 11) is 0. The predicted octanol–water partition coefficient (Wildman–Crippen LogP) is 5.41. The summed E-state index contributed by atoms with van der Waals surface area (Å²) in [6.45, 7) is 2.03. The van der Waals surface area contributed by atoms with E-state index in [2.05, 4.69) is 22.5 Å². The molecule has 0 radical (unpaired) electrons. The van der Waals surface area contributed by atoms with Crippen LogP contribution in [-0.4, -0.2) is 29.0 Å². The number of rotatable bonds is 5. The molecule has 2 heterocycles. The highest BCUT2D eigenvalue weighted by molar-refractivity contribution is 5.81. The number of esters is 1. The molecule has 6 heteroatoms. The van der Waals surface area contributed by atoms with Gasteiger partial charge in [-0.2, -0.15) is 0 Å². The minimum absolute atomic E-state index is 0.0638. The second-order valence-electron chi connectivity index (χ2n) is 11.2. The highest BCUT2D eigenvalue weighted by Gasteiger charge is 2.54. The van der Waals surface area contributed by atoms with Crippen LogP contribution >= 0.6 is 0 Å². The number of ether oxygens (including phenoxy) is 1. The van der Waals surface area contributed by atoms with Crippen LogP contribution in [0.2, 0.25) is 0 Å². The Morgan fingerprint density at radius 3 is 2.72 bits per heavy atom. The van der Waals surface area contributed by atoms with E-state index in [1.165, 1.54) is 12.1 Å². The van der Waals surface area contributed by atoms with Crippen molar-refractivity contribution < 1.29 is 18.7 Å². The first-order chi connectivity index (χ1) is 17.5. The van der Waals surface area contributed by atoms with Crippen LogP contribution in [-0.2, 0) is 14.3 Å². The largest absolute Gasteiger partial charge is 0.462 e. The molecule has 1 aliphatic heterocycles. The van der Waals surface area contributed by atoms with E-state index in [0.29, 0.717) is 11.8 Å². The van der Waals surface area contributed by atoms with E-state index >= 15 is 0 Å². The predicted molar refractivity (Wildman–Crippen MR) is 135 cm³/mol. The molecule has 1 aromatic carbocycles. The molecule has 3 saturated carbocycles. The van der Waals surface area contributed by atoms with E-state index in [4.69, 9.17) is 4.74 Å². The van der Waals surface area contributed by atoms with Crippen LogP contribution in [0, 0.1) is 41.3 Å². The normalized spacial score (nSPS) is 33.6. The quantitative estimate of drug-likeness (QED) is 0.572. The van der Waals surface area contributed by atoms with Crippen molar-refractivity contribution in [2.75, 3.05) is 0 Å². The molecule has 4 aliphatic rings. The topological polar surface area (TPSA) is 68.3 Å². The molecule has 5 nitrogen and oxygen atoms in total. The lowest BCUT2D eigenvalue weighted by Crippen LogP contribution is -2.48. The molecule has 1 saturated heterocycles. The van der Waals surface area contributed by atoms with Gasteiger partial charge in [-0.15, -0.1) is 0 Å². The molecule has 1 amide bonds. The first-order valence-corrected chi connectivity index (χ1v) is 13.4. The number of nitrogens with zero attached hydrogens (tertiary/aromatic N) is 1. The molecule has 0 spiro atoms. The first-order valence-electron chi connectivity index (χ1n) is 13.4. The number of amides is 1. The average Bonchev–Trinajstić information content (AvgIpc) is 3.68. The van der Waals surface area contributed by atoms with Crippen molar-refractivity contribution in [2.45, 2.75) is 57.6 Å². The molecule has 188 valence electrons. The van der Waals surface area contributed by atoms with E-state index in [-0.39, 0.29) is 53.5 Å². The molecule has 6 rings (SSSR count). The van der Waals surface area contributed by atoms with E-state index < -0.39 is 0 Å². The van der Waals surface area contributed by atoms with Crippen LogP contribution in [0.5, 0.6) is 0 Å². The number of nitrogens with one attached hydrogen (secondary N) is 1. The smallest absolute Gasteiger partial charge is 0.309 e. The van der Waals surface area contributed by atoms with Crippen LogP contribution in [0.15, 0.2) is 48.7 Å². The summed E-state index contributed by atoms with van der Waals surface area (Å²) in [5, 5.41) is 3.28. The molecule has 0 unspecified atom stereocenters. The van der Waals surface area contributed by atoms with E-state index in [9.17, 15) is 14.0 Å². The van der Waals surface area contributed by atoms with Gasteiger partial charge in [0.2, 0.25) is 5.91 Å². The zero-order valence-corrected chi connectivity index (χ0v) is 20.6. The van der Waals surface area contributed by atoms with Crippen LogP contribution in [0.1, 0.15) is 51.1 Å². The number of halogens is 1. The highest BCUT2D eigenvalue weighted by Crippen LogP contribution is 2.53. The Morgan fingerprint density at radius 1 is 1.11 bits per heavy atom. The summed E-state index contributed by atoms with van der Waals surface area (Å²) in [4.78, 5) is 29.7. The number of hydrogen-bond acceptors (Lipinski definition) is 4. The zero-order valence-electron chi connectivity index (χ0n) is 20.6. The summed E-state index contributed by atoms with van der Waals surface area (Å²) in [5.41, 5.74) is 2.52. The monoisotopic (exact) mass is 488 g/mol. The van der Waals surface area contributed by atoms with Gasteiger partial charge in [0.25, 0.3) is 0 Å². The third kappa shape index (κ3) is 4.58. The number of cyclic esters (lactones) is 1. The van der Waals surface area contributed by atoms with Gasteiger partial charge in [-0.05, 0) is 93.0 Å². The lowest BCUT2D eigenvalue weighted by molar-refractivity contribution is -0.144. The van der Waals surface area contributed by atoms with Crippen LogP contribution < -0.4 is 5.32 Å². The Kier molecular flexibility index (Phi) is 6.14. The summed E-state index contributed by atoms with van der Waals surface area (Å²) < 4.78 is 19.3. The number of aromatic nitrogens is 1. The fourth-order valence-electron chi connectivity index (χ4n) is 6.96. The third-order valence-corrected chi connectivity index (χ3v) is 8.88. The molecule has 1 N–H and O–H groups in total. The minimum atomic E-state index is -0.262. The molecule has 36 heavy (non-hydrogen) atoms. The maximum absolute atomic E-state index is 13.6. The van der Waals surface area contributed by atoms with Gasteiger partial charge in [0.05, 0.1) is 11.6 Å². The molecule has 1 aromatic heterocycles. The van der Waals surface area contributed by atoms with Gasteiger partial charge in [0.15, 0.2) is 0 Å². The maximum atomic E-state index is 13.6. The second-order valence-corrected chi connectivity index (χ2v) is 11.2. The maximum Gasteiger partial charge on any atom is 0.309 e. The Bertz CT molecular complexity index is 1170. The Morgan fingerprint density at radius 2 is 1.97 bits per heavy atom. The zero-order chi connectivity index (χ0) is 24.8. The molecule has 2 aromatic rings. The van der Waals surface area contributed by atoms with Crippen molar-refractivity contribution in [2.24, 2.45) is 35.5 Å². The van der Waals surface area contributed by atoms with E-state index in [1.807, 2.05) is 25.1 Å². The fourth-order valence-corrected chi connectivity index (χ4v) is 6.96. The van der Waals surface area contributed by atoms with Gasteiger partial charge in [-0.3, -0.25) is 14.6 Å². The minimum Gasteiger partial charge on any atom is -0.462 e. The third-order valence-electron chi connectivity index (χ3n) is 8.88. The first kappa shape index (κ1) is 23.4. The van der Waals surface area contributed by atoms with Gasteiger partial charge >= 0.3 is 5.97 Å². The van der Waals surface area contributed by atoms with Crippen molar-refractivity contribution in [1.82, 2.24) is 10.3 Å². The van der Waals surface area contributed by atoms with E-state index in [1.54, 1.807) is 12.3 Å².